The van der Waals surface area contributed by atoms with Crippen molar-refractivity contribution in [2.24, 2.45) is 0 Å². The van der Waals surface area contributed by atoms with Crippen molar-refractivity contribution in [3.05, 3.63) is 59.7 Å². The predicted molar refractivity (Wildman–Crippen MR) is 84.6 cm³/mol. The number of rotatable bonds is 6. The molecule has 0 saturated carbocycles. The van der Waals surface area contributed by atoms with Crippen molar-refractivity contribution in [3.8, 4) is 0 Å². The van der Waals surface area contributed by atoms with E-state index in [4.69, 9.17) is 7.48 Å². The Balaban J connectivity index is 2.26. The first kappa shape index (κ1) is 14.6. The molecule has 0 spiro atoms. The molecule has 132 valence electrons. The SMILES string of the molecule is [2H]C([2H])(n1cncn1)C(Cn1cnc(C)n1)(OC)c1ccc(F)c(C)c1F. The minimum Gasteiger partial charge on any atom is -0.370 e. The molecule has 25 heavy (non-hydrogen) atoms. The molecular formula is C16H18F2N6O. The van der Waals surface area contributed by atoms with Crippen LogP contribution in [0.15, 0.2) is 31.1 Å². The highest BCUT2D eigenvalue weighted by atomic mass is 19.1. The summed E-state index contributed by atoms with van der Waals surface area (Å²) >= 11 is 0. The van der Waals surface area contributed by atoms with Gasteiger partial charge in [0.05, 0.1) is 15.8 Å². The van der Waals surface area contributed by atoms with Gasteiger partial charge in [-0.2, -0.15) is 10.2 Å². The number of ether oxygens (including phenoxy) is 1. The van der Waals surface area contributed by atoms with Crippen molar-refractivity contribution in [1.82, 2.24) is 29.5 Å². The Hall–Kier alpha value is -2.68. The smallest absolute Gasteiger partial charge is 0.147 e. The third-order valence-corrected chi connectivity index (χ3v) is 3.85. The van der Waals surface area contributed by atoms with Crippen LogP contribution >= 0.6 is 0 Å². The highest BCUT2D eigenvalue weighted by molar-refractivity contribution is 5.31. The molecule has 0 saturated heterocycles. The fourth-order valence-corrected chi connectivity index (χ4v) is 2.52. The van der Waals surface area contributed by atoms with Crippen LogP contribution < -0.4 is 0 Å². The Morgan fingerprint density at radius 1 is 1.24 bits per heavy atom. The zero-order valence-corrected chi connectivity index (χ0v) is 13.9. The lowest BCUT2D eigenvalue weighted by Crippen LogP contribution is -2.40. The molecule has 3 rings (SSSR count). The van der Waals surface area contributed by atoms with Crippen LogP contribution in [0.25, 0.3) is 0 Å². The van der Waals surface area contributed by atoms with E-state index in [1.807, 2.05) is 0 Å². The van der Waals surface area contributed by atoms with Gasteiger partial charge in [0.15, 0.2) is 0 Å². The first-order chi connectivity index (χ1) is 12.7. The maximum atomic E-state index is 15.0. The maximum absolute atomic E-state index is 15.0. The zero-order valence-electron chi connectivity index (χ0n) is 15.9. The van der Waals surface area contributed by atoms with E-state index in [2.05, 4.69) is 20.2 Å². The van der Waals surface area contributed by atoms with E-state index in [0.29, 0.717) is 5.82 Å². The Bertz CT molecular complexity index is 947. The number of methoxy groups -OCH3 is 1. The molecular weight excluding hydrogens is 330 g/mol. The van der Waals surface area contributed by atoms with Gasteiger partial charge in [-0.05, 0) is 19.9 Å². The second-order valence-electron chi connectivity index (χ2n) is 5.51. The fraction of sp³-hybridized carbons (Fsp3) is 0.375. The third kappa shape index (κ3) is 3.27. The molecule has 1 aromatic carbocycles. The van der Waals surface area contributed by atoms with E-state index < -0.39 is 23.7 Å². The lowest BCUT2D eigenvalue weighted by atomic mass is 9.91. The Morgan fingerprint density at radius 3 is 2.64 bits per heavy atom. The monoisotopic (exact) mass is 350 g/mol. The third-order valence-electron chi connectivity index (χ3n) is 3.85. The van der Waals surface area contributed by atoms with Gasteiger partial charge in [-0.25, -0.2) is 28.1 Å². The van der Waals surface area contributed by atoms with Crippen LogP contribution in [-0.2, 0) is 23.4 Å². The normalized spacial score (nSPS) is 15.6. The van der Waals surface area contributed by atoms with E-state index in [1.165, 1.54) is 31.1 Å². The largest absolute Gasteiger partial charge is 0.370 e. The van der Waals surface area contributed by atoms with Gasteiger partial charge in [-0.1, -0.05) is 6.07 Å². The number of aromatic nitrogens is 6. The second-order valence-corrected chi connectivity index (χ2v) is 5.51. The lowest BCUT2D eigenvalue weighted by molar-refractivity contribution is -0.0512. The minimum atomic E-state index is -2.40. The summed E-state index contributed by atoms with van der Waals surface area (Å²) in [7, 11) is 1.25. The van der Waals surface area contributed by atoms with Crippen molar-refractivity contribution >= 4 is 0 Å². The van der Waals surface area contributed by atoms with Gasteiger partial charge in [-0.3, -0.25) is 0 Å². The van der Waals surface area contributed by atoms with Crippen molar-refractivity contribution in [2.75, 3.05) is 7.11 Å². The van der Waals surface area contributed by atoms with Gasteiger partial charge in [0, 0.05) is 18.2 Å². The quantitative estimate of drug-likeness (QED) is 0.680. The molecule has 7 nitrogen and oxygen atoms in total. The van der Waals surface area contributed by atoms with Crippen LogP contribution in [-0.4, -0.2) is 36.6 Å². The van der Waals surface area contributed by atoms with Gasteiger partial charge in [-0.15, -0.1) is 0 Å². The van der Waals surface area contributed by atoms with Gasteiger partial charge < -0.3 is 4.74 Å². The molecule has 3 aromatic rings. The van der Waals surface area contributed by atoms with Crippen LogP contribution in [0.3, 0.4) is 0 Å². The molecule has 0 N–H and O–H groups in total. The van der Waals surface area contributed by atoms with Gasteiger partial charge in [0.2, 0.25) is 0 Å². The van der Waals surface area contributed by atoms with E-state index in [9.17, 15) is 4.39 Å². The standard InChI is InChI=1S/C16H18F2N6O/c1-11-14(17)5-4-13(15(11)18)16(25-3,6-23-9-19-8-21-23)7-24-10-20-12(2)22-24/h4-5,8-10H,6-7H2,1-3H3/i6D2. The predicted octanol–water partition coefficient (Wildman–Crippen LogP) is 2.01. The molecule has 1 atom stereocenters. The summed E-state index contributed by atoms with van der Waals surface area (Å²) in [6.45, 7) is 0.307. The molecule has 0 bridgehead atoms. The van der Waals surface area contributed by atoms with Crippen molar-refractivity contribution in [3.63, 3.8) is 0 Å². The van der Waals surface area contributed by atoms with Crippen molar-refractivity contribution in [1.29, 1.82) is 0 Å². The van der Waals surface area contributed by atoms with Crippen LogP contribution in [0.2, 0.25) is 0 Å². The number of aryl methyl sites for hydroxylation is 1. The highest BCUT2D eigenvalue weighted by Gasteiger charge is 2.38. The highest BCUT2D eigenvalue weighted by Crippen LogP contribution is 2.33. The lowest BCUT2D eigenvalue weighted by Gasteiger charge is -2.33. The topological polar surface area (TPSA) is 70.7 Å². The van der Waals surface area contributed by atoms with Gasteiger partial charge in [0.1, 0.15) is 42.0 Å². The average molecular weight is 350 g/mol. The molecule has 1 unspecified atom stereocenters. The van der Waals surface area contributed by atoms with Crippen molar-refractivity contribution in [2.45, 2.75) is 32.5 Å². The summed E-state index contributed by atoms with van der Waals surface area (Å²) in [5.41, 5.74) is -2.35. The molecule has 0 fully saturated rings. The molecule has 0 radical (unpaired) electrons. The van der Waals surface area contributed by atoms with E-state index >= 15 is 4.39 Å². The van der Waals surface area contributed by atoms with E-state index in [0.717, 1.165) is 23.4 Å². The molecule has 2 aromatic heterocycles. The first-order valence-electron chi connectivity index (χ1n) is 8.44. The summed E-state index contributed by atoms with van der Waals surface area (Å²) < 4.78 is 54.1. The number of benzene rings is 1. The van der Waals surface area contributed by atoms with Crippen LogP contribution in [0, 0.1) is 25.5 Å². The van der Waals surface area contributed by atoms with Gasteiger partial charge in [0.25, 0.3) is 0 Å². The van der Waals surface area contributed by atoms with E-state index in [1.54, 1.807) is 6.92 Å². The average Bonchev–Trinajstić information content (AvgIpc) is 3.30. The zero-order chi connectivity index (χ0) is 19.8. The molecule has 0 aliphatic heterocycles. The van der Waals surface area contributed by atoms with Crippen LogP contribution in [0.5, 0.6) is 0 Å². The number of halogens is 2. The maximum Gasteiger partial charge on any atom is 0.147 e. The molecule has 0 aliphatic carbocycles. The fourth-order valence-electron chi connectivity index (χ4n) is 2.52. The van der Waals surface area contributed by atoms with Crippen LogP contribution in [0.1, 0.15) is 19.7 Å². The molecule has 9 heteroatoms. The number of hydrogen-bond acceptors (Lipinski definition) is 5. The molecule has 0 amide bonds. The molecule has 0 aliphatic rings. The Kier molecular flexibility index (Phi) is 3.91. The summed E-state index contributed by atoms with van der Waals surface area (Å²) in [4.78, 5) is 7.78. The summed E-state index contributed by atoms with van der Waals surface area (Å²) in [6.07, 6.45) is 3.70. The molecule has 2 heterocycles. The summed E-state index contributed by atoms with van der Waals surface area (Å²) in [6, 6.07) is 2.24. The minimum absolute atomic E-state index is 0.169. The van der Waals surface area contributed by atoms with Crippen LogP contribution in [0.4, 0.5) is 8.78 Å². The Labute approximate surface area is 146 Å². The van der Waals surface area contributed by atoms with Gasteiger partial charge >= 0.3 is 0 Å². The summed E-state index contributed by atoms with van der Waals surface area (Å²) in [5, 5.41) is 8.00. The second kappa shape index (κ2) is 6.67. The first-order valence-corrected chi connectivity index (χ1v) is 7.44. The summed E-state index contributed by atoms with van der Waals surface area (Å²) in [5.74, 6) is -1.19. The van der Waals surface area contributed by atoms with Crippen molar-refractivity contribution < 1.29 is 16.3 Å². The Morgan fingerprint density at radius 2 is 2.04 bits per heavy atom. The number of nitrogens with zero attached hydrogens (tertiary/aromatic N) is 6. The number of hydrogen-bond donors (Lipinski definition) is 0. The van der Waals surface area contributed by atoms with E-state index in [-0.39, 0.29) is 17.7 Å².